The monoisotopic (exact) mass is 440 g/mol. The summed E-state index contributed by atoms with van der Waals surface area (Å²) in [4.78, 5) is 17.9. The van der Waals surface area contributed by atoms with Crippen molar-refractivity contribution in [3.63, 3.8) is 0 Å². The molecule has 0 atom stereocenters. The molecule has 11 heteroatoms. The summed E-state index contributed by atoms with van der Waals surface area (Å²) < 4.78 is 39.3. The Morgan fingerprint density at radius 1 is 1.37 bits per heavy atom. The maximum atomic E-state index is 12.7. The number of thiazole rings is 1. The van der Waals surface area contributed by atoms with E-state index >= 15 is 0 Å². The lowest BCUT2D eigenvalue weighted by Crippen LogP contribution is -2.40. The Morgan fingerprint density at radius 2 is 2.04 bits per heavy atom. The summed E-state index contributed by atoms with van der Waals surface area (Å²) in [6, 6.07) is 0.945. The molecule has 1 amide bonds. The molecule has 3 heterocycles. The number of rotatable bonds is 4. The second kappa shape index (κ2) is 7.97. The molecule has 0 saturated carbocycles. The first-order chi connectivity index (χ1) is 12.6. The average Bonchev–Trinajstić information content (AvgIpc) is 3.22. The molecule has 2 aromatic rings. The Morgan fingerprint density at radius 3 is 2.56 bits per heavy atom. The number of nitrogens with zero attached hydrogens (tertiary/aromatic N) is 4. The second-order valence-electron chi connectivity index (χ2n) is 6.39. The van der Waals surface area contributed by atoms with E-state index in [1.807, 2.05) is 5.38 Å². The fourth-order valence-corrected chi connectivity index (χ4v) is 4.39. The fourth-order valence-electron chi connectivity index (χ4n) is 3.00. The molecule has 27 heavy (non-hydrogen) atoms. The van der Waals surface area contributed by atoms with Crippen LogP contribution >= 0.6 is 34.5 Å². The third kappa shape index (κ3) is 4.75. The summed E-state index contributed by atoms with van der Waals surface area (Å²) in [6.45, 7) is 2.35. The molecule has 3 rings (SSSR count). The van der Waals surface area contributed by atoms with Gasteiger partial charge in [-0.05, 0) is 25.8 Å². The van der Waals surface area contributed by atoms with Crippen LogP contribution in [-0.4, -0.2) is 38.7 Å². The average molecular weight is 441 g/mol. The van der Waals surface area contributed by atoms with Gasteiger partial charge in [0, 0.05) is 30.1 Å². The van der Waals surface area contributed by atoms with E-state index in [9.17, 15) is 18.0 Å². The summed E-state index contributed by atoms with van der Waals surface area (Å²) >= 11 is 13.1. The van der Waals surface area contributed by atoms with E-state index in [2.05, 4.69) is 10.1 Å². The lowest BCUT2D eigenvalue weighted by molar-refractivity contribution is -0.142. The first kappa shape index (κ1) is 20.4. The summed E-state index contributed by atoms with van der Waals surface area (Å²) in [7, 11) is 0. The van der Waals surface area contributed by atoms with Crippen LogP contribution in [0, 0.1) is 6.92 Å². The van der Waals surface area contributed by atoms with E-state index in [0.29, 0.717) is 24.5 Å². The van der Waals surface area contributed by atoms with Gasteiger partial charge in [-0.25, -0.2) is 4.98 Å². The standard InChI is InChI=1S/C16H17Cl2F3N4OS/c1-9-6-12(16(19,20)21)23-25(9)7-13(26)24-4-2-10(3-5-24)15-22-11(8-27-15)14(17)18/h6,8,10,14H,2-5,7H2,1H3. The molecule has 0 aliphatic carbocycles. The summed E-state index contributed by atoms with van der Waals surface area (Å²) in [6.07, 6.45) is -3.05. The highest BCUT2D eigenvalue weighted by atomic mass is 35.5. The molecule has 148 valence electrons. The Labute approximate surface area is 168 Å². The van der Waals surface area contributed by atoms with Gasteiger partial charge in [-0.1, -0.05) is 23.2 Å². The predicted octanol–water partition coefficient (Wildman–Crippen LogP) is 4.55. The molecule has 0 bridgehead atoms. The Balaban J connectivity index is 1.58. The minimum Gasteiger partial charge on any atom is -0.341 e. The molecule has 1 fully saturated rings. The van der Waals surface area contributed by atoms with E-state index < -0.39 is 16.7 Å². The topological polar surface area (TPSA) is 51.0 Å². The van der Waals surface area contributed by atoms with Crippen molar-refractivity contribution in [2.75, 3.05) is 13.1 Å². The molecule has 0 N–H and O–H groups in total. The largest absolute Gasteiger partial charge is 0.435 e. The lowest BCUT2D eigenvalue weighted by Gasteiger charge is -2.31. The van der Waals surface area contributed by atoms with Crippen molar-refractivity contribution >= 4 is 40.4 Å². The lowest BCUT2D eigenvalue weighted by atomic mass is 9.97. The number of amides is 1. The van der Waals surface area contributed by atoms with Crippen LogP contribution in [0.3, 0.4) is 0 Å². The SMILES string of the molecule is Cc1cc(C(F)(F)F)nn1CC(=O)N1CCC(c2nc(C(Cl)Cl)cs2)CC1. The van der Waals surface area contributed by atoms with E-state index in [1.54, 1.807) is 4.90 Å². The molecule has 5 nitrogen and oxygen atoms in total. The molecule has 1 saturated heterocycles. The van der Waals surface area contributed by atoms with Gasteiger partial charge in [0.05, 0.1) is 10.7 Å². The number of aryl methyl sites for hydroxylation is 1. The third-order valence-corrected chi connectivity index (χ3v) is 5.99. The van der Waals surface area contributed by atoms with Gasteiger partial charge in [-0.15, -0.1) is 11.3 Å². The van der Waals surface area contributed by atoms with Crippen molar-refractivity contribution in [3.05, 3.63) is 33.5 Å². The predicted molar refractivity (Wildman–Crippen MR) is 97.1 cm³/mol. The van der Waals surface area contributed by atoms with Crippen molar-refractivity contribution < 1.29 is 18.0 Å². The van der Waals surface area contributed by atoms with Crippen molar-refractivity contribution in [1.29, 1.82) is 0 Å². The summed E-state index contributed by atoms with van der Waals surface area (Å²) in [5, 5.41) is 6.28. The summed E-state index contributed by atoms with van der Waals surface area (Å²) in [5.41, 5.74) is -0.0491. The van der Waals surface area contributed by atoms with Crippen LogP contribution < -0.4 is 0 Å². The van der Waals surface area contributed by atoms with Crippen LogP contribution in [0.2, 0.25) is 0 Å². The van der Waals surface area contributed by atoms with Crippen LogP contribution in [0.1, 0.15) is 45.7 Å². The normalized spacial score (nSPS) is 16.3. The molecule has 2 aromatic heterocycles. The van der Waals surface area contributed by atoms with Crippen molar-refractivity contribution in [2.45, 2.75) is 43.2 Å². The van der Waals surface area contributed by atoms with Gasteiger partial charge in [0.15, 0.2) is 5.69 Å². The Bertz CT molecular complexity index is 813. The van der Waals surface area contributed by atoms with Crippen molar-refractivity contribution in [3.8, 4) is 0 Å². The molecular weight excluding hydrogens is 424 g/mol. The van der Waals surface area contributed by atoms with Gasteiger partial charge in [0.1, 0.15) is 11.4 Å². The zero-order valence-electron chi connectivity index (χ0n) is 14.3. The minimum atomic E-state index is -4.52. The van der Waals surface area contributed by atoms with E-state index in [0.717, 1.165) is 28.6 Å². The third-order valence-electron chi connectivity index (χ3n) is 4.52. The molecule has 0 spiro atoms. The highest BCUT2D eigenvalue weighted by molar-refractivity contribution is 7.09. The van der Waals surface area contributed by atoms with Crippen molar-refractivity contribution in [2.24, 2.45) is 0 Å². The van der Waals surface area contributed by atoms with Gasteiger partial charge in [-0.3, -0.25) is 9.48 Å². The van der Waals surface area contributed by atoms with E-state index in [-0.39, 0.29) is 18.4 Å². The van der Waals surface area contributed by atoms with Gasteiger partial charge in [-0.2, -0.15) is 18.3 Å². The minimum absolute atomic E-state index is 0.200. The van der Waals surface area contributed by atoms with Crippen LogP contribution in [0.4, 0.5) is 13.2 Å². The van der Waals surface area contributed by atoms with Gasteiger partial charge in [0.2, 0.25) is 5.91 Å². The number of halogens is 5. The van der Waals surface area contributed by atoms with Crippen LogP contribution in [0.25, 0.3) is 0 Å². The molecule has 1 aliphatic heterocycles. The Kier molecular flexibility index (Phi) is 6.02. The number of piperidine rings is 1. The first-order valence-electron chi connectivity index (χ1n) is 8.28. The second-order valence-corrected chi connectivity index (χ2v) is 8.38. The number of alkyl halides is 5. The zero-order chi connectivity index (χ0) is 19.8. The van der Waals surface area contributed by atoms with E-state index in [4.69, 9.17) is 23.2 Å². The molecular formula is C16H17Cl2F3N4OS. The molecule has 0 unspecified atom stereocenters. The van der Waals surface area contributed by atoms with Crippen LogP contribution in [0.5, 0.6) is 0 Å². The molecule has 0 radical (unpaired) electrons. The number of hydrogen-bond donors (Lipinski definition) is 0. The zero-order valence-corrected chi connectivity index (χ0v) is 16.7. The molecule has 0 aromatic carbocycles. The Hall–Kier alpha value is -1.32. The smallest absolute Gasteiger partial charge is 0.341 e. The maximum absolute atomic E-state index is 12.7. The fraction of sp³-hybridized carbons (Fsp3) is 0.562. The maximum Gasteiger partial charge on any atom is 0.435 e. The highest BCUT2D eigenvalue weighted by Gasteiger charge is 2.35. The van der Waals surface area contributed by atoms with Crippen LogP contribution in [0.15, 0.2) is 11.4 Å². The number of hydrogen-bond acceptors (Lipinski definition) is 4. The summed E-state index contributed by atoms with van der Waals surface area (Å²) in [5.74, 6) is -0.0158. The van der Waals surface area contributed by atoms with Gasteiger partial charge >= 0.3 is 6.18 Å². The van der Waals surface area contributed by atoms with Gasteiger partial charge in [0.25, 0.3) is 0 Å². The number of carbonyl (C=O) groups excluding carboxylic acids is 1. The number of likely N-dealkylation sites (tertiary alicyclic amines) is 1. The van der Waals surface area contributed by atoms with E-state index in [1.165, 1.54) is 18.3 Å². The van der Waals surface area contributed by atoms with Crippen molar-refractivity contribution in [1.82, 2.24) is 19.7 Å². The quantitative estimate of drug-likeness (QED) is 0.655. The number of aromatic nitrogens is 3. The van der Waals surface area contributed by atoms with Crippen LogP contribution in [-0.2, 0) is 17.5 Å². The first-order valence-corrected chi connectivity index (χ1v) is 10.0. The number of carbonyl (C=O) groups is 1. The van der Waals surface area contributed by atoms with Gasteiger partial charge < -0.3 is 4.90 Å². The molecule has 1 aliphatic rings. The highest BCUT2D eigenvalue weighted by Crippen LogP contribution is 2.34.